The standard InChI is InChI=1S/C16H16F3NO2S/c17-16(18,19)23(21,22)20(13-15-9-5-2-6-10-15)12-11-14-7-3-1-4-8-14/h1-10H,11-13H2. The van der Waals surface area contributed by atoms with Crippen molar-refractivity contribution in [1.82, 2.24) is 4.31 Å². The molecule has 2 aromatic carbocycles. The second-order valence-corrected chi connectivity index (χ2v) is 6.93. The van der Waals surface area contributed by atoms with Crippen molar-refractivity contribution >= 4 is 10.0 Å². The van der Waals surface area contributed by atoms with Crippen molar-refractivity contribution in [2.75, 3.05) is 6.54 Å². The van der Waals surface area contributed by atoms with E-state index in [4.69, 9.17) is 0 Å². The predicted octanol–water partition coefficient (Wildman–Crippen LogP) is 3.58. The summed E-state index contributed by atoms with van der Waals surface area (Å²) in [7, 11) is -5.37. The number of hydrogen-bond donors (Lipinski definition) is 0. The fourth-order valence-corrected chi connectivity index (χ4v) is 3.06. The van der Waals surface area contributed by atoms with Crippen LogP contribution in [0, 0.1) is 0 Å². The van der Waals surface area contributed by atoms with E-state index in [-0.39, 0.29) is 19.5 Å². The van der Waals surface area contributed by atoms with Crippen LogP contribution < -0.4 is 0 Å². The Bertz CT molecular complexity index is 716. The molecule has 0 fully saturated rings. The van der Waals surface area contributed by atoms with Crippen molar-refractivity contribution in [3.8, 4) is 0 Å². The Kier molecular flexibility index (Phi) is 5.43. The molecule has 0 N–H and O–H groups in total. The zero-order valence-corrected chi connectivity index (χ0v) is 13.0. The van der Waals surface area contributed by atoms with Gasteiger partial charge >= 0.3 is 15.5 Å². The maximum atomic E-state index is 12.9. The van der Waals surface area contributed by atoms with Crippen molar-refractivity contribution < 1.29 is 21.6 Å². The zero-order chi connectivity index (χ0) is 16.9. The van der Waals surface area contributed by atoms with Gasteiger partial charge < -0.3 is 0 Å². The highest BCUT2D eigenvalue weighted by molar-refractivity contribution is 7.89. The molecule has 0 bridgehead atoms. The first-order valence-electron chi connectivity index (χ1n) is 6.95. The lowest BCUT2D eigenvalue weighted by molar-refractivity contribution is -0.0491. The van der Waals surface area contributed by atoms with Crippen LogP contribution in [0.25, 0.3) is 0 Å². The molecule has 7 heteroatoms. The van der Waals surface area contributed by atoms with Gasteiger partial charge in [-0.05, 0) is 17.5 Å². The molecule has 0 amide bonds. The van der Waals surface area contributed by atoms with E-state index in [1.54, 1.807) is 60.7 Å². The number of alkyl halides is 3. The SMILES string of the molecule is O=S(=O)(N(CCc1ccccc1)Cc1ccccc1)C(F)(F)F. The average Bonchev–Trinajstić information content (AvgIpc) is 2.52. The molecule has 0 aliphatic carbocycles. The smallest absolute Gasteiger partial charge is 0.203 e. The molecule has 2 rings (SSSR count). The molecule has 0 radical (unpaired) electrons. The molecule has 23 heavy (non-hydrogen) atoms. The summed E-state index contributed by atoms with van der Waals surface area (Å²) in [5.74, 6) is 0. The van der Waals surface area contributed by atoms with Gasteiger partial charge in [-0.15, -0.1) is 0 Å². The Hall–Kier alpha value is -1.86. The van der Waals surface area contributed by atoms with E-state index < -0.39 is 15.5 Å². The van der Waals surface area contributed by atoms with E-state index in [0.29, 0.717) is 9.87 Å². The van der Waals surface area contributed by atoms with Crippen LogP contribution in [-0.2, 0) is 23.0 Å². The molecule has 0 aliphatic heterocycles. The first-order chi connectivity index (χ1) is 10.8. The third kappa shape index (κ3) is 4.56. The fraction of sp³-hybridized carbons (Fsp3) is 0.250. The minimum atomic E-state index is -5.37. The summed E-state index contributed by atoms with van der Waals surface area (Å²) in [6, 6.07) is 17.0. The Balaban J connectivity index is 2.21. The Morgan fingerprint density at radius 1 is 0.826 bits per heavy atom. The van der Waals surface area contributed by atoms with Gasteiger partial charge in [0, 0.05) is 13.1 Å². The normalized spacial score (nSPS) is 12.5. The second kappa shape index (κ2) is 7.14. The van der Waals surface area contributed by atoms with Gasteiger partial charge in [0.2, 0.25) is 0 Å². The van der Waals surface area contributed by atoms with Gasteiger partial charge in [-0.25, -0.2) is 8.42 Å². The van der Waals surface area contributed by atoms with E-state index in [0.717, 1.165) is 5.56 Å². The lowest BCUT2D eigenvalue weighted by atomic mass is 10.1. The fourth-order valence-electron chi connectivity index (χ4n) is 2.12. The maximum absolute atomic E-state index is 12.9. The molecule has 2 aromatic rings. The minimum absolute atomic E-state index is 0.211. The third-order valence-electron chi connectivity index (χ3n) is 3.33. The van der Waals surface area contributed by atoms with Crippen LogP contribution in [-0.4, -0.2) is 24.8 Å². The molecule has 0 aliphatic rings. The first kappa shape index (κ1) is 17.5. The number of nitrogens with zero attached hydrogens (tertiary/aromatic N) is 1. The number of halogens is 3. The van der Waals surface area contributed by atoms with Crippen LogP contribution in [0.5, 0.6) is 0 Å². The summed E-state index contributed by atoms with van der Waals surface area (Å²) < 4.78 is 62.7. The summed E-state index contributed by atoms with van der Waals surface area (Å²) in [6.45, 7) is -0.545. The van der Waals surface area contributed by atoms with Gasteiger partial charge in [0.25, 0.3) is 0 Å². The number of benzene rings is 2. The second-order valence-electron chi connectivity index (χ2n) is 5.01. The summed E-state index contributed by atoms with van der Waals surface area (Å²) in [4.78, 5) is 0. The molecule has 0 saturated carbocycles. The number of sulfonamides is 1. The first-order valence-corrected chi connectivity index (χ1v) is 8.39. The predicted molar refractivity (Wildman–Crippen MR) is 82.0 cm³/mol. The highest BCUT2D eigenvalue weighted by Crippen LogP contribution is 2.28. The average molecular weight is 343 g/mol. The largest absolute Gasteiger partial charge is 0.511 e. The van der Waals surface area contributed by atoms with Crippen molar-refractivity contribution in [3.05, 3.63) is 71.8 Å². The van der Waals surface area contributed by atoms with Crippen LogP contribution in [0.1, 0.15) is 11.1 Å². The molecule has 0 aromatic heterocycles. The van der Waals surface area contributed by atoms with Gasteiger partial charge in [0.15, 0.2) is 0 Å². The quantitative estimate of drug-likeness (QED) is 0.804. The summed E-state index contributed by atoms with van der Waals surface area (Å²) in [5.41, 5.74) is -4.02. The molecule has 0 spiro atoms. The molecule has 3 nitrogen and oxygen atoms in total. The number of hydrogen-bond acceptors (Lipinski definition) is 2. The van der Waals surface area contributed by atoms with Crippen molar-refractivity contribution in [3.63, 3.8) is 0 Å². The van der Waals surface area contributed by atoms with Gasteiger partial charge in [-0.1, -0.05) is 60.7 Å². The summed E-state index contributed by atoms with van der Waals surface area (Å²) >= 11 is 0. The van der Waals surface area contributed by atoms with Gasteiger partial charge in [-0.2, -0.15) is 17.5 Å². The van der Waals surface area contributed by atoms with E-state index in [2.05, 4.69) is 0 Å². The molecule has 0 heterocycles. The van der Waals surface area contributed by atoms with Gasteiger partial charge in [-0.3, -0.25) is 0 Å². The third-order valence-corrected chi connectivity index (χ3v) is 4.90. The van der Waals surface area contributed by atoms with E-state index >= 15 is 0 Å². The number of rotatable bonds is 6. The van der Waals surface area contributed by atoms with E-state index in [9.17, 15) is 21.6 Å². The van der Waals surface area contributed by atoms with Crippen LogP contribution in [0.4, 0.5) is 13.2 Å². The Morgan fingerprint density at radius 2 is 1.30 bits per heavy atom. The lowest BCUT2D eigenvalue weighted by Gasteiger charge is -2.23. The molecular weight excluding hydrogens is 327 g/mol. The topological polar surface area (TPSA) is 37.4 Å². The Morgan fingerprint density at radius 3 is 1.78 bits per heavy atom. The summed E-state index contributed by atoms with van der Waals surface area (Å²) in [6.07, 6.45) is 0.211. The maximum Gasteiger partial charge on any atom is 0.511 e. The lowest BCUT2D eigenvalue weighted by Crippen LogP contribution is -2.41. The Labute approximate surface area is 133 Å². The van der Waals surface area contributed by atoms with Gasteiger partial charge in [0.05, 0.1) is 0 Å². The highest BCUT2D eigenvalue weighted by Gasteiger charge is 2.49. The minimum Gasteiger partial charge on any atom is -0.203 e. The molecule has 124 valence electrons. The van der Waals surface area contributed by atoms with Crippen LogP contribution in [0.2, 0.25) is 0 Å². The van der Waals surface area contributed by atoms with Crippen molar-refractivity contribution in [2.24, 2.45) is 0 Å². The van der Waals surface area contributed by atoms with E-state index in [1.807, 2.05) is 0 Å². The van der Waals surface area contributed by atoms with Crippen LogP contribution in [0.3, 0.4) is 0 Å². The molecule has 0 unspecified atom stereocenters. The van der Waals surface area contributed by atoms with Gasteiger partial charge in [0.1, 0.15) is 0 Å². The zero-order valence-electron chi connectivity index (χ0n) is 12.2. The van der Waals surface area contributed by atoms with Crippen LogP contribution in [0.15, 0.2) is 60.7 Å². The highest BCUT2D eigenvalue weighted by atomic mass is 32.2. The monoisotopic (exact) mass is 343 g/mol. The summed E-state index contributed by atoms with van der Waals surface area (Å²) in [5, 5.41) is 0. The molecule has 0 atom stereocenters. The van der Waals surface area contributed by atoms with Crippen molar-refractivity contribution in [2.45, 2.75) is 18.5 Å². The molecule has 0 saturated heterocycles. The van der Waals surface area contributed by atoms with E-state index in [1.165, 1.54) is 0 Å². The van der Waals surface area contributed by atoms with Crippen molar-refractivity contribution in [1.29, 1.82) is 0 Å². The molecular formula is C16H16F3NO2S. The van der Waals surface area contributed by atoms with Crippen LogP contribution >= 0.6 is 0 Å².